The van der Waals surface area contributed by atoms with E-state index in [-0.39, 0.29) is 37.5 Å². The Morgan fingerprint density at radius 2 is 0.482 bits per heavy atom. The third kappa shape index (κ3) is 67.7. The number of hydrogen-bond acceptors (Lipinski definition) is 6. The normalized spacial score (nSPS) is 13.1. The molecule has 83 heavy (non-hydrogen) atoms. The van der Waals surface area contributed by atoms with Crippen molar-refractivity contribution in [1.29, 1.82) is 0 Å². The standard InChI is InChI=1S/C77H124O6/c1-4-7-10-13-16-19-22-25-28-31-34-36-38-40-43-46-49-52-55-58-61-64-67-70-76(79)82-73-74(72-81-75(78)69-66-63-60-57-54-51-48-45-42-33-30-27-24-21-18-15-12-9-6-3)83-77(80)71-68-65-62-59-56-53-50-47-44-41-39-37-35-32-29-26-23-20-17-14-11-8-5-2/h7,10,16,18-19,21,23,25-28,30,32,34-36,39-43,45,49,52,58,61,74H,4-6,8-9,11-15,17,20,22,24,29,31,33,37-38,44,46-48,50-51,53-57,59-60,62-73H2,1-3H3/b10-7-,19-16-,21-18-,26-23-,28-25-,30-27-,35-32-,36-34-,41-39-,43-40-,45-42-,52-49-,61-58-. The second kappa shape index (κ2) is 69.5. The topological polar surface area (TPSA) is 78.9 Å². The van der Waals surface area contributed by atoms with Crippen LogP contribution in [-0.2, 0) is 28.6 Å². The summed E-state index contributed by atoms with van der Waals surface area (Å²) in [5.74, 6) is -0.992. The van der Waals surface area contributed by atoms with Gasteiger partial charge in [0, 0.05) is 19.3 Å². The molecule has 0 aliphatic rings. The fourth-order valence-corrected chi connectivity index (χ4v) is 8.92. The molecule has 0 N–H and O–H groups in total. The van der Waals surface area contributed by atoms with Gasteiger partial charge >= 0.3 is 17.9 Å². The Labute approximate surface area is 511 Å². The first-order chi connectivity index (χ1) is 41.0. The number of ether oxygens (including phenoxy) is 3. The third-order valence-electron chi connectivity index (χ3n) is 14.0. The molecular weight excluding hydrogens is 1020 g/mol. The molecule has 0 aromatic carbocycles. The maximum Gasteiger partial charge on any atom is 0.306 e. The van der Waals surface area contributed by atoms with Crippen LogP contribution in [0.5, 0.6) is 0 Å². The summed E-state index contributed by atoms with van der Waals surface area (Å²) in [5, 5.41) is 0. The van der Waals surface area contributed by atoms with Gasteiger partial charge in [-0.1, -0.05) is 281 Å². The van der Waals surface area contributed by atoms with Gasteiger partial charge in [0.15, 0.2) is 6.10 Å². The SMILES string of the molecule is CC/C=C\C/C=C\C/C=C\C/C=C\C/C=C\C/C=C\C/C=C\CCCC(=O)OCC(COC(=O)CCCCCCCC/C=C\C/C=C\C/C=C\CCCCC)OC(=O)CCCCCCCCCC/C=C\C/C=C\C/C=C\CCCCCCC. The average molecular weight is 1150 g/mol. The Kier molecular flexibility index (Phi) is 65.4. The first-order valence-electron chi connectivity index (χ1n) is 34.0. The maximum atomic E-state index is 13.0. The van der Waals surface area contributed by atoms with Crippen LogP contribution in [-0.4, -0.2) is 37.2 Å². The van der Waals surface area contributed by atoms with E-state index in [0.717, 1.165) is 135 Å². The minimum Gasteiger partial charge on any atom is -0.462 e. The van der Waals surface area contributed by atoms with E-state index in [9.17, 15) is 14.4 Å². The van der Waals surface area contributed by atoms with Gasteiger partial charge in [0.2, 0.25) is 0 Å². The fourth-order valence-electron chi connectivity index (χ4n) is 8.92. The molecule has 0 spiro atoms. The minimum absolute atomic E-state index is 0.112. The second-order valence-corrected chi connectivity index (χ2v) is 22.0. The highest BCUT2D eigenvalue weighted by atomic mass is 16.6. The Balaban J connectivity index is 4.55. The van der Waals surface area contributed by atoms with E-state index >= 15 is 0 Å². The summed E-state index contributed by atoms with van der Waals surface area (Å²) < 4.78 is 16.9. The summed E-state index contributed by atoms with van der Waals surface area (Å²) in [6, 6.07) is 0. The molecule has 0 aliphatic carbocycles. The summed E-state index contributed by atoms with van der Waals surface area (Å²) in [6.07, 6.45) is 101. The van der Waals surface area contributed by atoms with Gasteiger partial charge in [-0.2, -0.15) is 0 Å². The lowest BCUT2D eigenvalue weighted by Crippen LogP contribution is -2.30. The molecule has 468 valence electrons. The molecule has 0 heterocycles. The van der Waals surface area contributed by atoms with Crippen molar-refractivity contribution < 1.29 is 28.6 Å². The fraction of sp³-hybridized carbons (Fsp3) is 0.623. The highest BCUT2D eigenvalue weighted by Crippen LogP contribution is 2.14. The zero-order valence-corrected chi connectivity index (χ0v) is 53.7. The van der Waals surface area contributed by atoms with Crippen LogP contribution in [0.4, 0.5) is 0 Å². The van der Waals surface area contributed by atoms with E-state index in [1.54, 1.807) is 0 Å². The van der Waals surface area contributed by atoms with Crippen LogP contribution in [0.15, 0.2) is 158 Å². The summed E-state index contributed by atoms with van der Waals surface area (Å²) in [7, 11) is 0. The van der Waals surface area contributed by atoms with Gasteiger partial charge in [-0.15, -0.1) is 0 Å². The van der Waals surface area contributed by atoms with Crippen molar-refractivity contribution in [3.63, 3.8) is 0 Å². The van der Waals surface area contributed by atoms with Crippen LogP contribution in [0.1, 0.15) is 290 Å². The molecule has 0 saturated heterocycles. The van der Waals surface area contributed by atoms with Crippen molar-refractivity contribution in [2.75, 3.05) is 13.2 Å². The molecule has 0 fully saturated rings. The third-order valence-corrected chi connectivity index (χ3v) is 14.0. The number of rotatable bonds is 60. The summed E-state index contributed by atoms with van der Waals surface area (Å²) in [5.41, 5.74) is 0. The van der Waals surface area contributed by atoms with Gasteiger partial charge in [0.25, 0.3) is 0 Å². The highest BCUT2D eigenvalue weighted by molar-refractivity contribution is 5.71. The number of carbonyl (C=O) groups is 3. The second-order valence-electron chi connectivity index (χ2n) is 22.0. The zero-order valence-electron chi connectivity index (χ0n) is 53.7. The quantitative estimate of drug-likeness (QED) is 0.0261. The molecule has 0 saturated carbocycles. The summed E-state index contributed by atoms with van der Waals surface area (Å²) in [6.45, 7) is 6.43. The van der Waals surface area contributed by atoms with Gasteiger partial charge in [-0.3, -0.25) is 14.4 Å². The smallest absolute Gasteiger partial charge is 0.306 e. The lowest BCUT2D eigenvalue weighted by Gasteiger charge is -2.18. The Bertz CT molecular complexity index is 1840. The Morgan fingerprint density at radius 3 is 0.807 bits per heavy atom. The molecule has 0 amide bonds. The average Bonchev–Trinajstić information content (AvgIpc) is 3.49. The molecule has 0 bridgehead atoms. The molecular formula is C77H124O6. The summed E-state index contributed by atoms with van der Waals surface area (Å²) in [4.78, 5) is 38.4. The molecule has 0 aromatic rings. The van der Waals surface area contributed by atoms with Gasteiger partial charge in [-0.25, -0.2) is 0 Å². The minimum atomic E-state index is -0.822. The van der Waals surface area contributed by atoms with E-state index in [1.807, 2.05) is 0 Å². The first kappa shape index (κ1) is 78.0. The predicted octanol–water partition coefficient (Wildman–Crippen LogP) is 23.7. The van der Waals surface area contributed by atoms with E-state index in [2.05, 4.69) is 179 Å². The molecule has 6 heteroatoms. The monoisotopic (exact) mass is 1140 g/mol. The number of carbonyl (C=O) groups excluding carboxylic acids is 3. The van der Waals surface area contributed by atoms with Crippen LogP contribution in [0, 0.1) is 0 Å². The van der Waals surface area contributed by atoms with Crippen molar-refractivity contribution in [3.05, 3.63) is 158 Å². The van der Waals surface area contributed by atoms with Crippen LogP contribution in [0.25, 0.3) is 0 Å². The van der Waals surface area contributed by atoms with Gasteiger partial charge in [0.1, 0.15) is 13.2 Å². The van der Waals surface area contributed by atoms with Crippen molar-refractivity contribution in [2.24, 2.45) is 0 Å². The summed E-state index contributed by atoms with van der Waals surface area (Å²) >= 11 is 0. The van der Waals surface area contributed by atoms with Crippen molar-refractivity contribution >= 4 is 17.9 Å². The number of allylic oxidation sites excluding steroid dienone is 26. The van der Waals surface area contributed by atoms with Crippen LogP contribution >= 0.6 is 0 Å². The molecule has 1 atom stereocenters. The number of unbranched alkanes of at least 4 members (excludes halogenated alkanes) is 23. The molecule has 0 aliphatic heterocycles. The van der Waals surface area contributed by atoms with E-state index in [1.165, 1.54) is 109 Å². The molecule has 0 radical (unpaired) electrons. The maximum absolute atomic E-state index is 13.0. The lowest BCUT2D eigenvalue weighted by molar-refractivity contribution is -0.167. The zero-order chi connectivity index (χ0) is 59.9. The van der Waals surface area contributed by atoms with Crippen LogP contribution in [0.2, 0.25) is 0 Å². The molecule has 0 aromatic heterocycles. The lowest BCUT2D eigenvalue weighted by atomic mass is 10.1. The van der Waals surface area contributed by atoms with Crippen LogP contribution in [0.3, 0.4) is 0 Å². The predicted molar refractivity (Wildman–Crippen MR) is 362 cm³/mol. The van der Waals surface area contributed by atoms with Gasteiger partial charge in [-0.05, 0) is 148 Å². The number of hydrogen-bond donors (Lipinski definition) is 0. The van der Waals surface area contributed by atoms with E-state index in [4.69, 9.17) is 14.2 Å². The van der Waals surface area contributed by atoms with E-state index in [0.29, 0.717) is 19.3 Å². The largest absolute Gasteiger partial charge is 0.462 e. The van der Waals surface area contributed by atoms with Crippen molar-refractivity contribution in [1.82, 2.24) is 0 Å². The van der Waals surface area contributed by atoms with Gasteiger partial charge in [0.05, 0.1) is 0 Å². The van der Waals surface area contributed by atoms with E-state index < -0.39 is 6.10 Å². The first-order valence-corrected chi connectivity index (χ1v) is 34.0. The van der Waals surface area contributed by atoms with Crippen LogP contribution < -0.4 is 0 Å². The molecule has 1 unspecified atom stereocenters. The number of esters is 3. The van der Waals surface area contributed by atoms with Crippen molar-refractivity contribution in [3.8, 4) is 0 Å². The Hall–Kier alpha value is -4.97. The molecule has 0 rings (SSSR count). The molecule has 6 nitrogen and oxygen atoms in total. The highest BCUT2D eigenvalue weighted by Gasteiger charge is 2.19. The van der Waals surface area contributed by atoms with Gasteiger partial charge < -0.3 is 14.2 Å². The van der Waals surface area contributed by atoms with Crippen molar-refractivity contribution in [2.45, 2.75) is 297 Å². The Morgan fingerprint density at radius 1 is 0.253 bits per heavy atom.